The lowest BCUT2D eigenvalue weighted by Gasteiger charge is -2.11. The Morgan fingerprint density at radius 3 is 2.93 bits per heavy atom. The van der Waals surface area contributed by atoms with E-state index in [4.69, 9.17) is 0 Å². The first kappa shape index (κ1) is 9.37. The fourth-order valence-electron chi connectivity index (χ4n) is 2.10. The molecule has 1 aliphatic carbocycles. The van der Waals surface area contributed by atoms with Crippen molar-refractivity contribution in [1.29, 1.82) is 0 Å². The van der Waals surface area contributed by atoms with Crippen LogP contribution in [0.5, 0.6) is 0 Å². The molecule has 0 radical (unpaired) electrons. The molecule has 1 saturated carbocycles. The highest BCUT2D eigenvalue weighted by Crippen LogP contribution is 2.30. The van der Waals surface area contributed by atoms with Crippen LogP contribution in [0.15, 0.2) is 6.20 Å². The topological polar surface area (TPSA) is 47.8 Å². The van der Waals surface area contributed by atoms with Gasteiger partial charge in [0.15, 0.2) is 0 Å². The molecule has 1 aromatic rings. The molecule has 1 aromatic heterocycles. The molecule has 4 nitrogen and oxygen atoms in total. The van der Waals surface area contributed by atoms with E-state index in [1.807, 2.05) is 20.2 Å². The Labute approximate surface area is 83.3 Å². The monoisotopic (exact) mass is 193 g/mol. The van der Waals surface area contributed by atoms with Crippen LogP contribution in [0.1, 0.15) is 25.5 Å². The Bertz CT molecular complexity index is 345. The number of ketones is 1. The molecule has 0 aliphatic heterocycles. The fourth-order valence-corrected chi connectivity index (χ4v) is 2.10. The van der Waals surface area contributed by atoms with E-state index in [1.165, 1.54) is 0 Å². The molecule has 1 aliphatic rings. The van der Waals surface area contributed by atoms with Gasteiger partial charge in [0.05, 0.1) is 5.69 Å². The molecule has 0 saturated heterocycles. The zero-order valence-corrected chi connectivity index (χ0v) is 8.60. The van der Waals surface area contributed by atoms with Crippen LogP contribution in [0.3, 0.4) is 0 Å². The minimum absolute atomic E-state index is 0.206. The van der Waals surface area contributed by atoms with Crippen molar-refractivity contribution in [3.63, 3.8) is 0 Å². The van der Waals surface area contributed by atoms with Crippen LogP contribution in [0.25, 0.3) is 0 Å². The van der Waals surface area contributed by atoms with Gasteiger partial charge < -0.3 is 0 Å². The van der Waals surface area contributed by atoms with Gasteiger partial charge in [-0.25, -0.2) is 0 Å². The molecule has 0 N–H and O–H groups in total. The molecule has 0 spiro atoms. The van der Waals surface area contributed by atoms with Crippen molar-refractivity contribution in [3.05, 3.63) is 11.9 Å². The van der Waals surface area contributed by atoms with Crippen LogP contribution < -0.4 is 0 Å². The van der Waals surface area contributed by atoms with Crippen LogP contribution in [0, 0.1) is 11.8 Å². The molecule has 2 unspecified atom stereocenters. The molecular weight excluding hydrogens is 178 g/mol. The van der Waals surface area contributed by atoms with Crippen molar-refractivity contribution in [1.82, 2.24) is 15.0 Å². The Hall–Kier alpha value is -1.19. The van der Waals surface area contributed by atoms with Crippen molar-refractivity contribution >= 4 is 5.78 Å². The molecule has 0 bridgehead atoms. The lowest BCUT2D eigenvalue weighted by molar-refractivity contribution is -0.120. The average Bonchev–Trinajstić information content (AvgIpc) is 2.67. The number of hydrogen-bond donors (Lipinski definition) is 0. The van der Waals surface area contributed by atoms with Gasteiger partial charge in [0.1, 0.15) is 5.78 Å². The first-order chi connectivity index (χ1) is 6.66. The Morgan fingerprint density at radius 2 is 2.43 bits per heavy atom. The van der Waals surface area contributed by atoms with E-state index in [0.717, 1.165) is 25.0 Å². The van der Waals surface area contributed by atoms with Gasteiger partial charge in [-0.1, -0.05) is 12.1 Å². The van der Waals surface area contributed by atoms with Crippen molar-refractivity contribution < 1.29 is 4.79 Å². The average molecular weight is 193 g/mol. The van der Waals surface area contributed by atoms with Crippen LogP contribution in [0.4, 0.5) is 0 Å². The Balaban J connectivity index is 2.02. The molecule has 14 heavy (non-hydrogen) atoms. The third-order valence-electron chi connectivity index (χ3n) is 3.10. The molecule has 1 fully saturated rings. The number of carbonyl (C=O) groups excluding carboxylic acids is 1. The number of aryl methyl sites for hydroxylation is 1. The van der Waals surface area contributed by atoms with Crippen LogP contribution >= 0.6 is 0 Å². The molecular formula is C10H15N3O. The second-order valence-corrected chi connectivity index (χ2v) is 4.14. The minimum Gasteiger partial charge on any atom is -0.299 e. The third-order valence-corrected chi connectivity index (χ3v) is 3.10. The molecule has 0 aromatic carbocycles. The number of hydrogen-bond acceptors (Lipinski definition) is 3. The van der Waals surface area contributed by atoms with Crippen molar-refractivity contribution in [3.8, 4) is 0 Å². The van der Waals surface area contributed by atoms with E-state index < -0.39 is 0 Å². The summed E-state index contributed by atoms with van der Waals surface area (Å²) >= 11 is 0. The second-order valence-electron chi connectivity index (χ2n) is 4.14. The predicted octanol–water partition coefficient (Wildman–Crippen LogP) is 0.973. The molecule has 76 valence electrons. The van der Waals surface area contributed by atoms with Gasteiger partial charge in [0, 0.05) is 25.6 Å². The zero-order valence-electron chi connectivity index (χ0n) is 8.60. The molecule has 4 heteroatoms. The number of carbonyl (C=O) groups is 1. The maximum absolute atomic E-state index is 11.3. The Kier molecular flexibility index (Phi) is 2.35. The zero-order chi connectivity index (χ0) is 10.1. The van der Waals surface area contributed by atoms with E-state index in [2.05, 4.69) is 10.3 Å². The fraction of sp³-hybridized carbons (Fsp3) is 0.700. The van der Waals surface area contributed by atoms with Gasteiger partial charge in [0.25, 0.3) is 0 Å². The summed E-state index contributed by atoms with van der Waals surface area (Å²) in [5.74, 6) is 1.08. The van der Waals surface area contributed by atoms with Crippen LogP contribution in [-0.4, -0.2) is 20.8 Å². The molecule has 2 atom stereocenters. The summed E-state index contributed by atoms with van der Waals surface area (Å²) in [6.07, 6.45) is 4.57. The quantitative estimate of drug-likeness (QED) is 0.703. The summed E-state index contributed by atoms with van der Waals surface area (Å²) in [7, 11) is 1.86. The molecule has 1 heterocycles. The largest absolute Gasteiger partial charge is 0.299 e. The van der Waals surface area contributed by atoms with Gasteiger partial charge >= 0.3 is 0 Å². The SMILES string of the molecule is CC1C(=O)CCC1Cc1cn(C)nn1. The summed E-state index contributed by atoms with van der Waals surface area (Å²) in [5.41, 5.74) is 0.999. The van der Waals surface area contributed by atoms with Crippen LogP contribution in [0.2, 0.25) is 0 Å². The third kappa shape index (κ3) is 1.69. The Morgan fingerprint density at radius 1 is 1.64 bits per heavy atom. The first-order valence-electron chi connectivity index (χ1n) is 5.04. The summed E-state index contributed by atoms with van der Waals surface area (Å²) in [6, 6.07) is 0. The lowest BCUT2D eigenvalue weighted by atomic mass is 9.93. The summed E-state index contributed by atoms with van der Waals surface area (Å²) in [6.45, 7) is 2.02. The number of aromatic nitrogens is 3. The first-order valence-corrected chi connectivity index (χ1v) is 5.04. The van der Waals surface area contributed by atoms with E-state index >= 15 is 0 Å². The normalized spacial score (nSPS) is 27.1. The number of Topliss-reactive ketones (excluding diaryl/α,β-unsaturated/α-hetero) is 1. The molecule has 0 amide bonds. The van der Waals surface area contributed by atoms with Gasteiger partial charge in [-0.15, -0.1) is 5.10 Å². The second kappa shape index (κ2) is 3.52. The maximum atomic E-state index is 11.3. The molecule has 2 rings (SSSR count). The van der Waals surface area contributed by atoms with Gasteiger partial charge in [-0.05, 0) is 18.8 Å². The number of nitrogens with zero attached hydrogens (tertiary/aromatic N) is 3. The smallest absolute Gasteiger partial charge is 0.136 e. The van der Waals surface area contributed by atoms with E-state index in [1.54, 1.807) is 4.68 Å². The highest BCUT2D eigenvalue weighted by Gasteiger charge is 2.31. The summed E-state index contributed by atoms with van der Waals surface area (Å²) < 4.78 is 1.71. The van der Waals surface area contributed by atoms with Crippen molar-refractivity contribution in [2.75, 3.05) is 0 Å². The van der Waals surface area contributed by atoms with Crippen LogP contribution in [-0.2, 0) is 18.3 Å². The highest BCUT2D eigenvalue weighted by atomic mass is 16.1. The standard InChI is InChI=1S/C10H15N3O/c1-7-8(3-4-10(7)14)5-9-6-13(2)12-11-9/h6-8H,3-5H2,1-2H3. The lowest BCUT2D eigenvalue weighted by Crippen LogP contribution is -2.12. The summed E-state index contributed by atoms with van der Waals surface area (Å²) in [5, 5.41) is 7.92. The van der Waals surface area contributed by atoms with E-state index in [-0.39, 0.29) is 5.92 Å². The van der Waals surface area contributed by atoms with Gasteiger partial charge in [-0.3, -0.25) is 9.48 Å². The highest BCUT2D eigenvalue weighted by molar-refractivity contribution is 5.83. The van der Waals surface area contributed by atoms with Gasteiger partial charge in [-0.2, -0.15) is 0 Å². The van der Waals surface area contributed by atoms with Gasteiger partial charge in [0.2, 0.25) is 0 Å². The van der Waals surface area contributed by atoms with Crippen molar-refractivity contribution in [2.45, 2.75) is 26.2 Å². The van der Waals surface area contributed by atoms with E-state index in [9.17, 15) is 4.79 Å². The number of rotatable bonds is 2. The predicted molar refractivity (Wildman–Crippen MR) is 51.6 cm³/mol. The maximum Gasteiger partial charge on any atom is 0.136 e. The van der Waals surface area contributed by atoms with Crippen molar-refractivity contribution in [2.24, 2.45) is 18.9 Å². The van der Waals surface area contributed by atoms with E-state index in [0.29, 0.717) is 11.7 Å². The summed E-state index contributed by atoms with van der Waals surface area (Å²) in [4.78, 5) is 11.3. The minimum atomic E-state index is 0.206.